The Kier molecular flexibility index (Phi) is 4.92. The third-order valence-electron chi connectivity index (χ3n) is 3.03. The van der Waals surface area contributed by atoms with E-state index in [9.17, 15) is 18.0 Å². The zero-order valence-electron chi connectivity index (χ0n) is 11.9. The van der Waals surface area contributed by atoms with Gasteiger partial charge in [0.25, 0.3) is 5.91 Å². The molecule has 1 N–H and O–H groups in total. The highest BCUT2D eigenvalue weighted by molar-refractivity contribution is 5.96. The van der Waals surface area contributed by atoms with E-state index in [1.54, 1.807) is 6.92 Å². The van der Waals surface area contributed by atoms with E-state index in [0.717, 1.165) is 12.5 Å². The van der Waals surface area contributed by atoms with Gasteiger partial charge in [0.2, 0.25) is 0 Å². The number of benzene rings is 1. The topological polar surface area (TPSA) is 56.8 Å². The van der Waals surface area contributed by atoms with Gasteiger partial charge >= 0.3 is 6.36 Å². The second-order valence-corrected chi connectivity index (χ2v) is 4.91. The second-order valence-electron chi connectivity index (χ2n) is 4.91. The summed E-state index contributed by atoms with van der Waals surface area (Å²) < 4.78 is 51.7. The molecule has 1 aliphatic rings. The summed E-state index contributed by atoms with van der Waals surface area (Å²) in [6, 6.07) is 5.14. The molecular weight excluding hydrogens is 303 g/mol. The van der Waals surface area contributed by atoms with Crippen LogP contribution in [0.1, 0.15) is 23.7 Å². The molecule has 1 aromatic rings. The number of hydrogen-bond donors (Lipinski definition) is 1. The number of rotatable bonds is 4. The third-order valence-corrected chi connectivity index (χ3v) is 3.03. The average Bonchev–Trinajstić information content (AvgIpc) is 2.45. The molecule has 0 aromatic heterocycles. The maximum Gasteiger partial charge on any atom is 0.573 e. The van der Waals surface area contributed by atoms with Gasteiger partial charge in [-0.15, -0.1) is 13.2 Å². The molecule has 0 radical (unpaired) electrons. The van der Waals surface area contributed by atoms with Crippen molar-refractivity contribution in [3.8, 4) is 5.75 Å². The van der Waals surface area contributed by atoms with E-state index in [-0.39, 0.29) is 12.1 Å². The van der Waals surface area contributed by atoms with Crippen LogP contribution in [0.4, 0.5) is 13.2 Å². The minimum Gasteiger partial charge on any atom is -0.405 e. The van der Waals surface area contributed by atoms with Crippen molar-refractivity contribution in [3.63, 3.8) is 0 Å². The smallest absolute Gasteiger partial charge is 0.405 e. The van der Waals surface area contributed by atoms with E-state index in [1.807, 2.05) is 0 Å². The van der Waals surface area contributed by atoms with Crippen LogP contribution >= 0.6 is 0 Å². The van der Waals surface area contributed by atoms with Crippen molar-refractivity contribution in [2.24, 2.45) is 0 Å². The third kappa shape index (κ3) is 4.60. The first-order valence-electron chi connectivity index (χ1n) is 6.70. The average molecular weight is 319 g/mol. The Hall–Kier alpha value is -1.80. The Morgan fingerprint density at radius 2 is 1.95 bits per heavy atom. The van der Waals surface area contributed by atoms with Gasteiger partial charge in [-0.05, 0) is 25.5 Å². The van der Waals surface area contributed by atoms with Crippen molar-refractivity contribution in [3.05, 3.63) is 29.8 Å². The van der Waals surface area contributed by atoms with Gasteiger partial charge in [0, 0.05) is 0 Å². The molecule has 122 valence electrons. The van der Waals surface area contributed by atoms with Crippen LogP contribution in [0.5, 0.6) is 5.75 Å². The lowest BCUT2D eigenvalue weighted by Crippen LogP contribution is -2.47. The predicted molar refractivity (Wildman–Crippen MR) is 70.4 cm³/mol. The number of carbonyl (C=O) groups excluding carboxylic acids is 1. The van der Waals surface area contributed by atoms with Crippen LogP contribution in [0.3, 0.4) is 0 Å². The zero-order chi connectivity index (χ0) is 16.2. The summed E-state index contributed by atoms with van der Waals surface area (Å²) in [7, 11) is 0. The van der Waals surface area contributed by atoms with Crippen LogP contribution < -0.4 is 10.1 Å². The largest absolute Gasteiger partial charge is 0.573 e. The maximum absolute atomic E-state index is 12.3. The fourth-order valence-electron chi connectivity index (χ4n) is 1.98. The Labute approximate surface area is 125 Å². The Morgan fingerprint density at radius 3 is 2.59 bits per heavy atom. The molecule has 1 heterocycles. The first kappa shape index (κ1) is 16.6. The Balaban J connectivity index is 2.03. The van der Waals surface area contributed by atoms with Crippen LogP contribution in [0.25, 0.3) is 0 Å². The fourth-order valence-corrected chi connectivity index (χ4v) is 1.98. The standard InChI is InChI=1S/C14H16F3NO4/c1-13(20-7-4-8-21-13)9-18-12(19)10-5-2-3-6-11(10)22-14(15,16)17/h2-3,5-6H,4,7-9H2,1H3,(H,18,19). The highest BCUT2D eigenvalue weighted by Crippen LogP contribution is 2.26. The SMILES string of the molecule is CC1(CNC(=O)c2ccccc2OC(F)(F)F)OCCCO1. The van der Waals surface area contributed by atoms with Crippen molar-refractivity contribution < 1.29 is 32.2 Å². The Morgan fingerprint density at radius 1 is 1.32 bits per heavy atom. The molecule has 8 heteroatoms. The molecule has 0 atom stereocenters. The lowest BCUT2D eigenvalue weighted by Gasteiger charge is -2.33. The summed E-state index contributed by atoms with van der Waals surface area (Å²) in [5.74, 6) is -2.23. The molecule has 1 aromatic carbocycles. The van der Waals surface area contributed by atoms with Gasteiger partial charge in [-0.2, -0.15) is 0 Å². The van der Waals surface area contributed by atoms with Gasteiger partial charge in [-0.3, -0.25) is 4.79 Å². The number of nitrogens with one attached hydrogen (secondary N) is 1. The van der Waals surface area contributed by atoms with Crippen molar-refractivity contribution in [2.45, 2.75) is 25.5 Å². The molecule has 1 fully saturated rings. The quantitative estimate of drug-likeness (QED) is 0.926. The number of alkyl halides is 3. The Bertz CT molecular complexity index is 527. The first-order chi connectivity index (χ1) is 10.3. The number of amides is 1. The predicted octanol–water partition coefficient (Wildman–Crippen LogP) is 2.47. The number of para-hydroxylation sites is 1. The lowest BCUT2D eigenvalue weighted by molar-refractivity contribution is -0.274. The van der Waals surface area contributed by atoms with E-state index in [4.69, 9.17) is 9.47 Å². The van der Waals surface area contributed by atoms with E-state index < -0.39 is 23.8 Å². The van der Waals surface area contributed by atoms with E-state index in [1.165, 1.54) is 18.2 Å². The van der Waals surface area contributed by atoms with Crippen LogP contribution in [0, 0.1) is 0 Å². The van der Waals surface area contributed by atoms with E-state index in [0.29, 0.717) is 13.2 Å². The molecule has 1 amide bonds. The summed E-state index contributed by atoms with van der Waals surface area (Å²) in [6.07, 6.45) is -4.11. The molecule has 1 saturated heterocycles. The van der Waals surface area contributed by atoms with Crippen LogP contribution in [-0.4, -0.2) is 37.8 Å². The normalized spacial score (nSPS) is 17.8. The van der Waals surface area contributed by atoms with Crippen molar-refractivity contribution in [1.29, 1.82) is 0 Å². The molecule has 0 saturated carbocycles. The minimum atomic E-state index is -4.86. The summed E-state index contributed by atoms with van der Waals surface area (Å²) in [4.78, 5) is 12.1. The molecule has 0 bridgehead atoms. The summed E-state index contributed by atoms with van der Waals surface area (Å²) in [5, 5.41) is 2.50. The molecule has 2 rings (SSSR count). The summed E-state index contributed by atoms with van der Waals surface area (Å²) >= 11 is 0. The number of ether oxygens (including phenoxy) is 3. The molecule has 0 aliphatic carbocycles. The van der Waals surface area contributed by atoms with Gasteiger partial charge in [0.05, 0.1) is 25.3 Å². The molecule has 0 spiro atoms. The zero-order valence-corrected chi connectivity index (χ0v) is 11.9. The van der Waals surface area contributed by atoms with Crippen molar-refractivity contribution in [2.75, 3.05) is 19.8 Å². The van der Waals surface area contributed by atoms with E-state index in [2.05, 4.69) is 10.1 Å². The van der Waals surface area contributed by atoms with Crippen LogP contribution in [0.2, 0.25) is 0 Å². The number of hydrogen-bond acceptors (Lipinski definition) is 4. The van der Waals surface area contributed by atoms with Crippen molar-refractivity contribution >= 4 is 5.91 Å². The fraction of sp³-hybridized carbons (Fsp3) is 0.500. The highest BCUT2D eigenvalue weighted by Gasteiger charge is 2.33. The van der Waals surface area contributed by atoms with Gasteiger partial charge in [-0.1, -0.05) is 12.1 Å². The monoisotopic (exact) mass is 319 g/mol. The van der Waals surface area contributed by atoms with Crippen LogP contribution in [-0.2, 0) is 9.47 Å². The second kappa shape index (κ2) is 6.53. The van der Waals surface area contributed by atoms with Crippen molar-refractivity contribution in [1.82, 2.24) is 5.32 Å². The van der Waals surface area contributed by atoms with Crippen LogP contribution in [0.15, 0.2) is 24.3 Å². The number of halogens is 3. The summed E-state index contributed by atoms with van der Waals surface area (Å²) in [5.41, 5.74) is -0.209. The molecule has 0 unspecified atom stereocenters. The van der Waals surface area contributed by atoms with Gasteiger partial charge in [-0.25, -0.2) is 0 Å². The molecular formula is C14H16F3NO4. The lowest BCUT2D eigenvalue weighted by atomic mass is 10.2. The first-order valence-corrected chi connectivity index (χ1v) is 6.70. The highest BCUT2D eigenvalue weighted by atomic mass is 19.4. The van der Waals surface area contributed by atoms with E-state index >= 15 is 0 Å². The van der Waals surface area contributed by atoms with Gasteiger partial charge in [0.1, 0.15) is 5.75 Å². The van der Waals surface area contributed by atoms with Gasteiger partial charge < -0.3 is 19.5 Å². The molecule has 1 aliphatic heterocycles. The maximum atomic E-state index is 12.3. The summed E-state index contributed by atoms with van der Waals surface area (Å²) in [6.45, 7) is 2.68. The molecule has 5 nitrogen and oxygen atoms in total. The molecule has 22 heavy (non-hydrogen) atoms. The minimum absolute atomic E-state index is 0.0200. The van der Waals surface area contributed by atoms with Gasteiger partial charge in [0.15, 0.2) is 5.79 Å². The number of carbonyl (C=O) groups is 1.